The lowest BCUT2D eigenvalue weighted by Gasteiger charge is -2.32. The van der Waals surface area contributed by atoms with Gasteiger partial charge in [0.25, 0.3) is 11.5 Å². The molecule has 0 aliphatic carbocycles. The molecule has 0 atom stereocenters. The van der Waals surface area contributed by atoms with E-state index in [2.05, 4.69) is 20.3 Å². The Bertz CT molecular complexity index is 829. The van der Waals surface area contributed by atoms with Crippen molar-refractivity contribution >= 4 is 11.9 Å². The Morgan fingerprint density at radius 2 is 2.00 bits per heavy atom. The molecule has 3 heterocycles. The van der Waals surface area contributed by atoms with E-state index in [9.17, 15) is 14.4 Å². The van der Waals surface area contributed by atoms with Crippen molar-refractivity contribution in [1.82, 2.24) is 20.3 Å². The molecular formula is C16H19N5O3. The van der Waals surface area contributed by atoms with Crippen LogP contribution in [0.15, 0.2) is 34.0 Å². The number of rotatable bonds is 3. The van der Waals surface area contributed by atoms with Gasteiger partial charge in [-0.3, -0.25) is 19.4 Å². The van der Waals surface area contributed by atoms with Gasteiger partial charge in [0.1, 0.15) is 0 Å². The monoisotopic (exact) mass is 329 g/mol. The number of amides is 1. The molecule has 1 aliphatic heterocycles. The maximum absolute atomic E-state index is 12.2. The third kappa shape index (κ3) is 3.70. The lowest BCUT2D eigenvalue weighted by molar-refractivity contribution is 0.0930. The second-order valence-electron chi connectivity index (χ2n) is 5.89. The number of nitrogens with one attached hydrogen (secondary N) is 3. The van der Waals surface area contributed by atoms with Crippen LogP contribution >= 0.6 is 0 Å². The second kappa shape index (κ2) is 6.69. The quantitative estimate of drug-likeness (QED) is 0.743. The van der Waals surface area contributed by atoms with Crippen molar-refractivity contribution in [3.05, 3.63) is 56.4 Å². The van der Waals surface area contributed by atoms with Crippen LogP contribution in [-0.2, 0) is 0 Å². The Hall–Kier alpha value is -2.90. The molecule has 2 aromatic heterocycles. The molecule has 0 unspecified atom stereocenters. The molecule has 1 aliphatic rings. The summed E-state index contributed by atoms with van der Waals surface area (Å²) in [5, 5.41) is 2.97. The van der Waals surface area contributed by atoms with Gasteiger partial charge in [-0.05, 0) is 25.8 Å². The van der Waals surface area contributed by atoms with Gasteiger partial charge in [-0.2, -0.15) is 0 Å². The van der Waals surface area contributed by atoms with E-state index < -0.39 is 0 Å². The maximum Gasteiger partial charge on any atom is 0.252 e. The summed E-state index contributed by atoms with van der Waals surface area (Å²) >= 11 is 0. The Morgan fingerprint density at radius 3 is 2.62 bits per heavy atom. The molecular weight excluding hydrogens is 310 g/mol. The highest BCUT2D eigenvalue weighted by molar-refractivity contribution is 5.94. The van der Waals surface area contributed by atoms with Gasteiger partial charge in [-0.25, -0.2) is 4.98 Å². The van der Waals surface area contributed by atoms with Crippen LogP contribution in [0.1, 0.15) is 28.9 Å². The fourth-order valence-electron chi connectivity index (χ4n) is 2.77. The Balaban J connectivity index is 1.58. The van der Waals surface area contributed by atoms with Crippen molar-refractivity contribution < 1.29 is 4.79 Å². The molecule has 1 amide bonds. The van der Waals surface area contributed by atoms with Gasteiger partial charge in [-0.15, -0.1) is 0 Å². The molecule has 1 fully saturated rings. The van der Waals surface area contributed by atoms with Crippen LogP contribution in [0, 0.1) is 6.92 Å². The first-order valence-electron chi connectivity index (χ1n) is 7.84. The van der Waals surface area contributed by atoms with Crippen LogP contribution < -0.4 is 21.3 Å². The van der Waals surface area contributed by atoms with E-state index in [0.29, 0.717) is 30.3 Å². The first-order valence-corrected chi connectivity index (χ1v) is 7.84. The fraction of sp³-hybridized carbons (Fsp3) is 0.375. The van der Waals surface area contributed by atoms with Crippen LogP contribution in [0.3, 0.4) is 0 Å². The van der Waals surface area contributed by atoms with Crippen LogP contribution in [0.4, 0.5) is 5.95 Å². The molecule has 2 aromatic rings. The summed E-state index contributed by atoms with van der Waals surface area (Å²) in [6.07, 6.45) is 2.92. The van der Waals surface area contributed by atoms with Crippen LogP contribution in [0.2, 0.25) is 0 Å². The molecule has 0 saturated carbocycles. The number of aromatic nitrogens is 3. The summed E-state index contributed by atoms with van der Waals surface area (Å²) in [4.78, 5) is 46.3. The van der Waals surface area contributed by atoms with E-state index in [1.54, 1.807) is 6.92 Å². The van der Waals surface area contributed by atoms with Crippen LogP contribution in [0.25, 0.3) is 0 Å². The lowest BCUT2D eigenvalue weighted by atomic mass is 10.0. The maximum atomic E-state index is 12.2. The number of H-pyrrole nitrogens is 2. The minimum absolute atomic E-state index is 0.0530. The summed E-state index contributed by atoms with van der Waals surface area (Å²) in [6, 6.07) is 4.35. The third-order valence-electron chi connectivity index (χ3n) is 4.03. The summed E-state index contributed by atoms with van der Waals surface area (Å²) in [6.45, 7) is 3.18. The predicted molar refractivity (Wildman–Crippen MR) is 89.4 cm³/mol. The van der Waals surface area contributed by atoms with Gasteiger partial charge in [0.15, 0.2) is 0 Å². The molecule has 8 heteroatoms. The van der Waals surface area contributed by atoms with Gasteiger partial charge in [0, 0.05) is 43.2 Å². The van der Waals surface area contributed by atoms with Crippen LogP contribution in [0.5, 0.6) is 0 Å². The van der Waals surface area contributed by atoms with Crippen molar-refractivity contribution in [2.75, 3.05) is 18.0 Å². The minimum atomic E-state index is -0.237. The number of pyridine rings is 1. The third-order valence-corrected chi connectivity index (χ3v) is 4.03. The lowest BCUT2D eigenvalue weighted by Crippen LogP contribution is -2.45. The normalized spacial score (nSPS) is 15.3. The highest BCUT2D eigenvalue weighted by Crippen LogP contribution is 2.15. The number of anilines is 1. The van der Waals surface area contributed by atoms with E-state index >= 15 is 0 Å². The van der Waals surface area contributed by atoms with E-state index in [4.69, 9.17) is 0 Å². The zero-order chi connectivity index (χ0) is 17.1. The summed E-state index contributed by atoms with van der Waals surface area (Å²) in [5.41, 5.74) is 0.717. The molecule has 1 saturated heterocycles. The summed E-state index contributed by atoms with van der Waals surface area (Å²) in [7, 11) is 0. The Kier molecular flexibility index (Phi) is 4.45. The summed E-state index contributed by atoms with van der Waals surface area (Å²) < 4.78 is 0. The van der Waals surface area contributed by atoms with Gasteiger partial charge < -0.3 is 15.2 Å². The topological polar surface area (TPSA) is 111 Å². The summed E-state index contributed by atoms with van der Waals surface area (Å²) in [5.74, 6) is 0.372. The highest BCUT2D eigenvalue weighted by Gasteiger charge is 2.22. The second-order valence-corrected chi connectivity index (χ2v) is 5.89. The number of aromatic amines is 2. The molecule has 24 heavy (non-hydrogen) atoms. The number of carbonyl (C=O) groups is 1. The van der Waals surface area contributed by atoms with Gasteiger partial charge >= 0.3 is 0 Å². The average Bonchev–Trinajstić information content (AvgIpc) is 2.55. The van der Waals surface area contributed by atoms with Gasteiger partial charge in [-0.1, -0.05) is 0 Å². The molecule has 126 valence electrons. The number of carbonyl (C=O) groups excluding carboxylic acids is 1. The van der Waals surface area contributed by atoms with E-state index in [1.165, 1.54) is 24.4 Å². The largest absolute Gasteiger partial charge is 0.349 e. The Morgan fingerprint density at radius 1 is 1.25 bits per heavy atom. The fourth-order valence-corrected chi connectivity index (χ4v) is 2.77. The molecule has 3 rings (SSSR count). The predicted octanol–water partition coefficient (Wildman–Crippen LogP) is 0.165. The first kappa shape index (κ1) is 16.0. The number of hydrogen-bond acceptors (Lipinski definition) is 5. The zero-order valence-corrected chi connectivity index (χ0v) is 13.3. The van der Waals surface area contributed by atoms with Crippen molar-refractivity contribution in [3.8, 4) is 0 Å². The molecule has 0 aromatic carbocycles. The molecule has 0 radical (unpaired) electrons. The van der Waals surface area contributed by atoms with E-state index in [-0.39, 0.29) is 23.1 Å². The highest BCUT2D eigenvalue weighted by atomic mass is 16.2. The smallest absolute Gasteiger partial charge is 0.252 e. The zero-order valence-electron chi connectivity index (χ0n) is 13.3. The Labute approximate surface area is 137 Å². The van der Waals surface area contributed by atoms with Gasteiger partial charge in [0.05, 0.1) is 5.56 Å². The molecule has 0 bridgehead atoms. The van der Waals surface area contributed by atoms with Crippen molar-refractivity contribution in [2.45, 2.75) is 25.8 Å². The van der Waals surface area contributed by atoms with Crippen LogP contribution in [-0.4, -0.2) is 40.0 Å². The number of hydrogen-bond donors (Lipinski definition) is 3. The molecule has 3 N–H and O–H groups in total. The van der Waals surface area contributed by atoms with Crippen molar-refractivity contribution in [2.24, 2.45) is 0 Å². The number of piperidine rings is 1. The van der Waals surface area contributed by atoms with E-state index in [0.717, 1.165) is 12.8 Å². The van der Waals surface area contributed by atoms with E-state index in [1.807, 2.05) is 4.90 Å². The van der Waals surface area contributed by atoms with Crippen molar-refractivity contribution in [3.63, 3.8) is 0 Å². The van der Waals surface area contributed by atoms with Crippen molar-refractivity contribution in [1.29, 1.82) is 0 Å². The SMILES string of the molecule is Cc1cc(=O)[nH]c(N2CCC(NC(=O)c3ccc(=O)[nH]c3)CC2)n1. The number of nitrogens with zero attached hydrogens (tertiary/aromatic N) is 2. The first-order chi connectivity index (χ1) is 11.5. The van der Waals surface area contributed by atoms with Gasteiger partial charge in [0.2, 0.25) is 11.5 Å². The number of aryl methyl sites for hydroxylation is 1. The molecule has 0 spiro atoms. The standard InChI is InChI=1S/C16H19N5O3/c1-10-8-14(23)20-16(18-10)21-6-4-12(5-7-21)19-15(24)11-2-3-13(22)17-9-11/h2-3,8-9,12H,4-7H2,1H3,(H,17,22)(H,19,24)(H,18,20,23). The average molecular weight is 329 g/mol. The minimum Gasteiger partial charge on any atom is -0.349 e. The molecule has 8 nitrogen and oxygen atoms in total.